The van der Waals surface area contributed by atoms with Crippen molar-refractivity contribution in [1.29, 1.82) is 5.26 Å². The number of carbonyl (C=O) groups is 2. The summed E-state index contributed by atoms with van der Waals surface area (Å²) in [6, 6.07) is 12.2. The molecule has 1 fully saturated rings. The van der Waals surface area contributed by atoms with E-state index in [1.54, 1.807) is 36.4 Å². The fourth-order valence-corrected chi connectivity index (χ4v) is 3.19. The fourth-order valence-electron chi connectivity index (χ4n) is 3.04. The Kier molecular flexibility index (Phi) is 5.33. The van der Waals surface area contributed by atoms with Crippen molar-refractivity contribution in [2.24, 2.45) is 5.92 Å². The molecule has 2 aromatic rings. The molecule has 0 radical (unpaired) electrons. The van der Waals surface area contributed by atoms with Crippen LogP contribution in [0.15, 0.2) is 36.4 Å². The van der Waals surface area contributed by atoms with Gasteiger partial charge in [-0.25, -0.2) is 0 Å². The molecule has 2 aromatic carbocycles. The van der Waals surface area contributed by atoms with Gasteiger partial charge in [-0.2, -0.15) is 5.26 Å². The number of hydrogen-bond donors (Lipinski definition) is 1. The number of benzene rings is 2. The first-order valence-corrected chi connectivity index (χ1v) is 8.76. The van der Waals surface area contributed by atoms with Gasteiger partial charge in [-0.3, -0.25) is 9.59 Å². The Labute approximate surface area is 162 Å². The van der Waals surface area contributed by atoms with Gasteiger partial charge in [0.1, 0.15) is 5.75 Å². The van der Waals surface area contributed by atoms with Crippen LogP contribution in [0.2, 0.25) is 5.02 Å². The largest absolute Gasteiger partial charge is 0.495 e. The Hall–Kier alpha value is -3.04. The molecule has 0 spiro atoms. The molecule has 1 N–H and O–H groups in total. The molecule has 3 rings (SSSR count). The van der Waals surface area contributed by atoms with E-state index in [-0.39, 0.29) is 24.8 Å². The summed E-state index contributed by atoms with van der Waals surface area (Å²) in [5, 5.41) is 12.4. The minimum atomic E-state index is -0.496. The molecule has 27 heavy (non-hydrogen) atoms. The van der Waals surface area contributed by atoms with E-state index >= 15 is 0 Å². The Morgan fingerprint density at radius 3 is 2.85 bits per heavy atom. The van der Waals surface area contributed by atoms with Crippen LogP contribution >= 0.6 is 11.6 Å². The number of hydrogen-bond acceptors (Lipinski definition) is 4. The number of rotatable bonds is 4. The van der Waals surface area contributed by atoms with Crippen LogP contribution in [0.25, 0.3) is 0 Å². The lowest BCUT2D eigenvalue weighted by Gasteiger charge is -2.17. The lowest BCUT2D eigenvalue weighted by Crippen LogP contribution is -2.28. The number of amides is 2. The van der Waals surface area contributed by atoms with E-state index < -0.39 is 5.92 Å². The Morgan fingerprint density at radius 1 is 1.37 bits per heavy atom. The molecule has 2 amide bonds. The highest BCUT2D eigenvalue weighted by molar-refractivity contribution is 6.31. The third-order valence-corrected chi connectivity index (χ3v) is 4.93. The molecule has 6 nitrogen and oxygen atoms in total. The quantitative estimate of drug-likeness (QED) is 0.875. The van der Waals surface area contributed by atoms with Gasteiger partial charge >= 0.3 is 0 Å². The van der Waals surface area contributed by atoms with Gasteiger partial charge < -0.3 is 15.0 Å². The average Bonchev–Trinajstić information content (AvgIpc) is 3.06. The van der Waals surface area contributed by atoms with Crippen molar-refractivity contribution in [3.63, 3.8) is 0 Å². The third kappa shape index (κ3) is 3.88. The summed E-state index contributed by atoms with van der Waals surface area (Å²) >= 11 is 6.09. The maximum Gasteiger partial charge on any atom is 0.229 e. The molecule has 0 bridgehead atoms. The topological polar surface area (TPSA) is 82.4 Å². The van der Waals surface area contributed by atoms with Crippen molar-refractivity contribution in [3.8, 4) is 11.8 Å². The maximum absolute atomic E-state index is 12.7. The molecule has 0 aromatic heterocycles. The minimum absolute atomic E-state index is 0.109. The second-order valence-electron chi connectivity index (χ2n) is 6.36. The third-order valence-electron chi connectivity index (χ3n) is 4.52. The summed E-state index contributed by atoms with van der Waals surface area (Å²) in [5.74, 6) is -0.447. The maximum atomic E-state index is 12.7. The zero-order valence-corrected chi connectivity index (χ0v) is 15.7. The summed E-state index contributed by atoms with van der Waals surface area (Å²) in [6.45, 7) is 2.09. The number of methoxy groups -OCH3 is 1. The SMILES string of the molecule is COc1cc(Cl)c(C)cc1NC(=O)C1CC(=O)N(c2cccc(C#N)c2)C1. The van der Waals surface area contributed by atoms with Gasteiger partial charge in [0, 0.05) is 29.7 Å². The van der Waals surface area contributed by atoms with Gasteiger partial charge in [0.25, 0.3) is 0 Å². The standard InChI is InChI=1S/C20H18ClN3O3/c1-12-6-17(18(27-2)9-16(12)21)23-20(26)14-8-19(25)24(11-14)15-5-3-4-13(7-15)10-22/h3-7,9,14H,8,11H2,1-2H3,(H,23,26). The molecule has 1 heterocycles. The first kappa shape index (κ1) is 18.7. The molecule has 0 aliphatic carbocycles. The highest BCUT2D eigenvalue weighted by Gasteiger charge is 2.35. The minimum Gasteiger partial charge on any atom is -0.495 e. The number of ether oxygens (including phenoxy) is 1. The van der Waals surface area contributed by atoms with Crippen LogP contribution in [0.1, 0.15) is 17.5 Å². The van der Waals surface area contributed by atoms with Crippen molar-refractivity contribution in [3.05, 3.63) is 52.5 Å². The van der Waals surface area contributed by atoms with Crippen LogP contribution in [0.4, 0.5) is 11.4 Å². The molecule has 7 heteroatoms. The van der Waals surface area contributed by atoms with Crippen molar-refractivity contribution in [2.75, 3.05) is 23.9 Å². The molecule has 0 saturated carbocycles. The Balaban J connectivity index is 1.76. The summed E-state index contributed by atoms with van der Waals surface area (Å²) in [4.78, 5) is 26.6. The molecule has 1 atom stereocenters. The number of carbonyl (C=O) groups excluding carboxylic acids is 2. The van der Waals surface area contributed by atoms with E-state index in [1.165, 1.54) is 12.0 Å². The second kappa shape index (κ2) is 7.68. The number of nitriles is 1. The van der Waals surface area contributed by atoms with Crippen LogP contribution < -0.4 is 15.0 Å². The van der Waals surface area contributed by atoms with Crippen molar-refractivity contribution < 1.29 is 14.3 Å². The second-order valence-corrected chi connectivity index (χ2v) is 6.77. The van der Waals surface area contributed by atoms with E-state index in [9.17, 15) is 9.59 Å². The predicted octanol–water partition coefficient (Wildman–Crippen LogP) is 3.52. The summed E-state index contributed by atoms with van der Waals surface area (Å²) in [6.07, 6.45) is 0.109. The highest BCUT2D eigenvalue weighted by atomic mass is 35.5. The lowest BCUT2D eigenvalue weighted by atomic mass is 10.1. The van der Waals surface area contributed by atoms with Crippen LogP contribution in [-0.4, -0.2) is 25.5 Å². The van der Waals surface area contributed by atoms with E-state index in [0.717, 1.165) is 5.56 Å². The molecule has 1 aliphatic heterocycles. The molecule has 1 unspecified atom stereocenters. The van der Waals surface area contributed by atoms with E-state index in [1.807, 2.05) is 6.92 Å². The summed E-state index contributed by atoms with van der Waals surface area (Å²) < 4.78 is 5.27. The van der Waals surface area contributed by atoms with Gasteiger partial charge in [-0.15, -0.1) is 0 Å². The van der Waals surface area contributed by atoms with Gasteiger partial charge in [0.15, 0.2) is 0 Å². The van der Waals surface area contributed by atoms with Crippen molar-refractivity contribution in [2.45, 2.75) is 13.3 Å². The number of anilines is 2. The fraction of sp³-hybridized carbons (Fsp3) is 0.250. The van der Waals surface area contributed by atoms with Crippen LogP contribution in [-0.2, 0) is 9.59 Å². The smallest absolute Gasteiger partial charge is 0.229 e. The molecule has 1 aliphatic rings. The predicted molar refractivity (Wildman–Crippen MR) is 103 cm³/mol. The monoisotopic (exact) mass is 383 g/mol. The zero-order chi connectivity index (χ0) is 19.6. The van der Waals surface area contributed by atoms with Crippen LogP contribution in [0.5, 0.6) is 5.75 Å². The van der Waals surface area contributed by atoms with Gasteiger partial charge in [-0.05, 0) is 36.8 Å². The van der Waals surface area contributed by atoms with Crippen molar-refractivity contribution >= 4 is 34.8 Å². The van der Waals surface area contributed by atoms with E-state index in [4.69, 9.17) is 21.6 Å². The molecule has 138 valence electrons. The van der Waals surface area contributed by atoms with Crippen molar-refractivity contribution in [1.82, 2.24) is 0 Å². The molecular weight excluding hydrogens is 366 g/mol. The normalized spacial score (nSPS) is 16.1. The molecular formula is C20H18ClN3O3. The number of nitrogens with one attached hydrogen (secondary N) is 1. The summed E-state index contributed by atoms with van der Waals surface area (Å²) in [7, 11) is 1.50. The first-order chi connectivity index (χ1) is 12.9. The Bertz CT molecular complexity index is 952. The van der Waals surface area contributed by atoms with E-state index in [2.05, 4.69) is 11.4 Å². The van der Waals surface area contributed by atoms with Gasteiger partial charge in [0.2, 0.25) is 11.8 Å². The number of aryl methyl sites for hydroxylation is 1. The van der Waals surface area contributed by atoms with Crippen LogP contribution in [0, 0.1) is 24.2 Å². The summed E-state index contributed by atoms with van der Waals surface area (Å²) in [5.41, 5.74) is 2.41. The zero-order valence-electron chi connectivity index (χ0n) is 15.0. The average molecular weight is 384 g/mol. The number of halogens is 1. The van der Waals surface area contributed by atoms with Crippen LogP contribution in [0.3, 0.4) is 0 Å². The van der Waals surface area contributed by atoms with Gasteiger partial charge in [-0.1, -0.05) is 17.7 Å². The number of nitrogens with zero attached hydrogens (tertiary/aromatic N) is 2. The Morgan fingerprint density at radius 2 is 2.15 bits per heavy atom. The van der Waals surface area contributed by atoms with Gasteiger partial charge in [0.05, 0.1) is 30.3 Å². The first-order valence-electron chi connectivity index (χ1n) is 8.38. The highest BCUT2D eigenvalue weighted by Crippen LogP contribution is 2.32. The lowest BCUT2D eigenvalue weighted by molar-refractivity contribution is -0.122. The molecule has 1 saturated heterocycles. The van der Waals surface area contributed by atoms with E-state index in [0.29, 0.717) is 27.7 Å².